The lowest BCUT2D eigenvalue weighted by Crippen LogP contribution is -2.17. The number of carbonyl (C=O) groups is 1. The molecule has 0 unspecified atom stereocenters. The number of amides is 1. The minimum atomic E-state index is -0.345. The van der Waals surface area contributed by atoms with Gasteiger partial charge in [-0.05, 0) is 54.4 Å². The molecule has 0 saturated heterocycles. The second-order valence-electron chi connectivity index (χ2n) is 8.89. The van der Waals surface area contributed by atoms with Crippen LogP contribution in [0, 0.1) is 6.92 Å². The van der Waals surface area contributed by atoms with Crippen LogP contribution in [0.25, 0.3) is 11.3 Å². The summed E-state index contributed by atoms with van der Waals surface area (Å²) in [5.74, 6) is 0.0504. The first-order valence-electron chi connectivity index (χ1n) is 12.3. The van der Waals surface area contributed by atoms with Gasteiger partial charge < -0.3 is 10.1 Å². The molecule has 200 valence electrons. The molecule has 0 aliphatic carbocycles. The van der Waals surface area contributed by atoms with E-state index < -0.39 is 0 Å². The maximum absolute atomic E-state index is 12.6. The van der Waals surface area contributed by atoms with E-state index in [1.54, 1.807) is 24.3 Å². The van der Waals surface area contributed by atoms with Crippen LogP contribution < -0.4 is 15.5 Å². The van der Waals surface area contributed by atoms with E-state index in [2.05, 4.69) is 27.8 Å². The Bertz CT molecular complexity index is 1610. The number of benzene rings is 4. The lowest BCUT2D eigenvalue weighted by molar-refractivity contribution is 0.0955. The molecule has 5 aromatic rings. The highest BCUT2D eigenvalue weighted by Crippen LogP contribution is 2.34. The summed E-state index contributed by atoms with van der Waals surface area (Å²) < 4.78 is 5.80. The first-order valence-corrected chi connectivity index (χ1v) is 14.0. The smallest absolute Gasteiger partial charge is 0.271 e. The van der Waals surface area contributed by atoms with Gasteiger partial charge in [0.15, 0.2) is 10.9 Å². The molecule has 6 nitrogen and oxygen atoms in total. The molecule has 9 heteroatoms. The molecule has 0 spiro atoms. The van der Waals surface area contributed by atoms with E-state index >= 15 is 0 Å². The van der Waals surface area contributed by atoms with Crippen molar-refractivity contribution in [3.05, 3.63) is 129 Å². The number of rotatable bonds is 9. The number of ether oxygens (including phenoxy) is 1. The van der Waals surface area contributed by atoms with Gasteiger partial charge in [0.25, 0.3) is 5.91 Å². The van der Waals surface area contributed by atoms with E-state index in [9.17, 15) is 4.79 Å². The van der Waals surface area contributed by atoms with Crippen molar-refractivity contribution >= 4 is 57.5 Å². The fraction of sp³-hybridized carbons (Fsp3) is 0.0645. The van der Waals surface area contributed by atoms with E-state index in [-0.39, 0.29) is 5.91 Å². The van der Waals surface area contributed by atoms with E-state index in [0.717, 1.165) is 27.6 Å². The fourth-order valence-corrected chi connectivity index (χ4v) is 5.12. The fourth-order valence-electron chi connectivity index (χ4n) is 3.77. The van der Waals surface area contributed by atoms with Crippen LogP contribution in [0.3, 0.4) is 0 Å². The van der Waals surface area contributed by atoms with E-state index in [0.29, 0.717) is 33.5 Å². The number of nitrogens with zero attached hydrogens (tertiary/aromatic N) is 2. The maximum atomic E-state index is 12.6. The SMILES string of the molecule is Cc1ccc(Nc2nc(-c3ccc(C(=O)N/N=C\c4cc(Cl)c(OCc5ccccc5)c(Cl)c4)cc3)cs2)cc1. The molecule has 0 fully saturated rings. The van der Waals surface area contributed by atoms with Gasteiger partial charge in [-0.2, -0.15) is 5.10 Å². The number of aromatic nitrogens is 1. The van der Waals surface area contributed by atoms with Gasteiger partial charge >= 0.3 is 0 Å². The Morgan fingerprint density at radius 3 is 2.38 bits per heavy atom. The number of halogens is 2. The average molecular weight is 588 g/mol. The van der Waals surface area contributed by atoms with Crippen LogP contribution in [-0.2, 0) is 6.61 Å². The Morgan fingerprint density at radius 2 is 1.68 bits per heavy atom. The molecular weight excluding hydrogens is 563 g/mol. The standard InChI is InChI=1S/C31H24Cl2N4O2S/c1-20-7-13-25(14-8-20)35-31-36-28(19-40-31)23-9-11-24(12-10-23)30(38)37-34-17-22-15-26(32)29(27(33)16-22)39-18-21-5-3-2-4-6-21/h2-17,19H,18H2,1H3,(H,35,36)(H,37,38)/b34-17-. The third-order valence-corrected chi connectivity index (χ3v) is 7.20. The number of thiazole rings is 1. The van der Waals surface area contributed by atoms with Gasteiger partial charge in [0.05, 0.1) is 22.0 Å². The molecule has 0 saturated carbocycles. The van der Waals surface area contributed by atoms with Gasteiger partial charge in [-0.1, -0.05) is 83.4 Å². The highest BCUT2D eigenvalue weighted by atomic mass is 35.5. The van der Waals surface area contributed by atoms with Crippen molar-refractivity contribution < 1.29 is 9.53 Å². The van der Waals surface area contributed by atoms with E-state index in [1.807, 2.05) is 72.1 Å². The molecule has 2 N–H and O–H groups in total. The Morgan fingerprint density at radius 1 is 0.975 bits per heavy atom. The quantitative estimate of drug-likeness (QED) is 0.134. The monoisotopic (exact) mass is 586 g/mol. The Balaban J connectivity index is 1.17. The topological polar surface area (TPSA) is 75.6 Å². The van der Waals surface area contributed by atoms with Crippen LogP contribution in [0.15, 0.2) is 101 Å². The third-order valence-electron chi connectivity index (χ3n) is 5.88. The molecule has 0 aliphatic heterocycles. The highest BCUT2D eigenvalue weighted by molar-refractivity contribution is 7.14. The van der Waals surface area contributed by atoms with Crippen LogP contribution in [0.5, 0.6) is 5.75 Å². The van der Waals surface area contributed by atoms with Crippen LogP contribution in [-0.4, -0.2) is 17.1 Å². The summed E-state index contributed by atoms with van der Waals surface area (Å²) in [4.78, 5) is 17.3. The Labute approximate surface area is 246 Å². The predicted molar refractivity (Wildman–Crippen MR) is 164 cm³/mol. The summed E-state index contributed by atoms with van der Waals surface area (Å²) in [6.07, 6.45) is 1.48. The molecule has 5 rings (SSSR count). The minimum Gasteiger partial charge on any atom is -0.486 e. The maximum Gasteiger partial charge on any atom is 0.271 e. The zero-order valence-corrected chi connectivity index (χ0v) is 23.7. The van der Waals surface area contributed by atoms with E-state index in [4.69, 9.17) is 27.9 Å². The molecule has 0 aliphatic rings. The van der Waals surface area contributed by atoms with Crippen molar-refractivity contribution in [3.8, 4) is 17.0 Å². The zero-order valence-electron chi connectivity index (χ0n) is 21.4. The van der Waals surface area contributed by atoms with Crippen molar-refractivity contribution in [1.29, 1.82) is 0 Å². The molecule has 1 aromatic heterocycles. The van der Waals surface area contributed by atoms with Crippen LogP contribution in [0.1, 0.15) is 27.0 Å². The molecule has 0 radical (unpaired) electrons. The molecule has 4 aromatic carbocycles. The normalized spacial score (nSPS) is 11.0. The van der Waals surface area contributed by atoms with Gasteiger partial charge in [-0.3, -0.25) is 4.79 Å². The molecular formula is C31H24Cl2N4O2S. The van der Waals surface area contributed by atoms with Crippen molar-refractivity contribution in [2.24, 2.45) is 5.10 Å². The lowest BCUT2D eigenvalue weighted by atomic mass is 10.1. The summed E-state index contributed by atoms with van der Waals surface area (Å²) >= 11 is 14.3. The first kappa shape index (κ1) is 27.4. The number of hydrazone groups is 1. The van der Waals surface area contributed by atoms with Crippen LogP contribution in [0.4, 0.5) is 10.8 Å². The molecule has 40 heavy (non-hydrogen) atoms. The van der Waals surface area contributed by atoms with Gasteiger partial charge in [-0.25, -0.2) is 10.4 Å². The first-order chi connectivity index (χ1) is 19.4. The van der Waals surface area contributed by atoms with Crippen LogP contribution >= 0.6 is 34.5 Å². The van der Waals surface area contributed by atoms with Crippen molar-refractivity contribution in [2.45, 2.75) is 13.5 Å². The number of anilines is 2. The number of nitrogens with one attached hydrogen (secondary N) is 2. The minimum absolute atomic E-state index is 0.344. The summed E-state index contributed by atoms with van der Waals surface area (Å²) in [5.41, 5.74) is 8.54. The number of aryl methyl sites for hydroxylation is 1. The second-order valence-corrected chi connectivity index (χ2v) is 10.6. The van der Waals surface area contributed by atoms with Crippen molar-refractivity contribution in [1.82, 2.24) is 10.4 Å². The third kappa shape index (κ3) is 7.07. The number of hydrogen-bond donors (Lipinski definition) is 2. The van der Waals surface area contributed by atoms with Gasteiger partial charge in [0, 0.05) is 22.2 Å². The summed E-state index contributed by atoms with van der Waals surface area (Å²) in [6.45, 7) is 2.40. The average Bonchev–Trinajstić information content (AvgIpc) is 3.43. The zero-order chi connectivity index (χ0) is 27.9. The van der Waals surface area contributed by atoms with Crippen LogP contribution in [0.2, 0.25) is 10.0 Å². The van der Waals surface area contributed by atoms with Crippen molar-refractivity contribution in [3.63, 3.8) is 0 Å². The summed E-state index contributed by atoms with van der Waals surface area (Å²) in [5, 5.41) is 10.8. The molecule has 0 bridgehead atoms. The number of carbonyl (C=O) groups excluding carboxylic acids is 1. The Hall–Kier alpha value is -4.17. The lowest BCUT2D eigenvalue weighted by Gasteiger charge is -2.11. The highest BCUT2D eigenvalue weighted by Gasteiger charge is 2.11. The number of hydrogen-bond acceptors (Lipinski definition) is 6. The van der Waals surface area contributed by atoms with Gasteiger partial charge in [-0.15, -0.1) is 11.3 Å². The van der Waals surface area contributed by atoms with Gasteiger partial charge in [0.2, 0.25) is 0 Å². The van der Waals surface area contributed by atoms with E-state index in [1.165, 1.54) is 23.1 Å². The predicted octanol–water partition coefficient (Wildman–Crippen LogP) is 8.51. The van der Waals surface area contributed by atoms with Crippen molar-refractivity contribution in [2.75, 3.05) is 5.32 Å². The molecule has 1 amide bonds. The summed E-state index contributed by atoms with van der Waals surface area (Å²) in [6, 6.07) is 28.4. The summed E-state index contributed by atoms with van der Waals surface area (Å²) in [7, 11) is 0. The second kappa shape index (κ2) is 12.8. The molecule has 0 atom stereocenters. The Kier molecular flexibility index (Phi) is 8.76. The largest absolute Gasteiger partial charge is 0.486 e. The van der Waals surface area contributed by atoms with Gasteiger partial charge in [0.1, 0.15) is 6.61 Å². The molecule has 1 heterocycles.